The van der Waals surface area contributed by atoms with Crippen LogP contribution in [-0.4, -0.2) is 35.2 Å². The summed E-state index contributed by atoms with van der Waals surface area (Å²) in [6.07, 6.45) is 0.199. The lowest BCUT2D eigenvalue weighted by atomic mass is 10.1. The van der Waals surface area contributed by atoms with Gasteiger partial charge in [0.25, 0.3) is 0 Å². The summed E-state index contributed by atoms with van der Waals surface area (Å²) in [5.74, 6) is -2.86. The van der Waals surface area contributed by atoms with Gasteiger partial charge < -0.3 is 4.74 Å². The highest BCUT2D eigenvalue weighted by molar-refractivity contribution is 7.91. The molecule has 0 bridgehead atoms. The zero-order chi connectivity index (χ0) is 18.9. The average molecular weight is 403 g/mol. The Kier molecular flexibility index (Phi) is 5.00. The Balaban J connectivity index is 1.68. The third-order valence-electron chi connectivity index (χ3n) is 3.91. The second kappa shape index (κ2) is 6.93. The van der Waals surface area contributed by atoms with Gasteiger partial charge in [-0.25, -0.2) is 21.6 Å². The summed E-state index contributed by atoms with van der Waals surface area (Å²) in [6, 6.07) is 11.0. The molecular formula is C16H15F2NO5S2. The first-order chi connectivity index (χ1) is 12.2. The molecule has 10 heteroatoms. The van der Waals surface area contributed by atoms with E-state index in [1.54, 1.807) is 6.07 Å². The molecule has 1 aliphatic heterocycles. The fourth-order valence-electron chi connectivity index (χ4n) is 2.57. The smallest absolute Gasteiger partial charge is 0.341 e. The number of alkyl halides is 2. The van der Waals surface area contributed by atoms with Crippen molar-refractivity contribution in [1.82, 2.24) is 4.72 Å². The third kappa shape index (κ3) is 3.71. The van der Waals surface area contributed by atoms with E-state index >= 15 is 0 Å². The molecule has 0 aromatic heterocycles. The summed E-state index contributed by atoms with van der Waals surface area (Å²) < 4.78 is 80.4. The summed E-state index contributed by atoms with van der Waals surface area (Å²) >= 11 is 0. The van der Waals surface area contributed by atoms with Gasteiger partial charge in [0.05, 0.1) is 9.79 Å². The Labute approximate surface area is 149 Å². The van der Waals surface area contributed by atoms with Crippen molar-refractivity contribution in [2.75, 3.05) is 6.54 Å². The Morgan fingerprint density at radius 2 is 1.62 bits per heavy atom. The van der Waals surface area contributed by atoms with Crippen LogP contribution in [0.15, 0.2) is 58.3 Å². The van der Waals surface area contributed by atoms with E-state index in [1.165, 1.54) is 0 Å². The van der Waals surface area contributed by atoms with Crippen molar-refractivity contribution >= 4 is 19.9 Å². The Morgan fingerprint density at radius 3 is 2.23 bits per heavy atom. The third-order valence-corrected chi connectivity index (χ3v) is 6.75. The SMILES string of the molecule is O=S(=O)(NC[C@H]1Cc2ccccc2O1)c1ccc(S(=O)(=O)C(F)F)cc1. The van der Waals surface area contributed by atoms with Gasteiger partial charge in [0.1, 0.15) is 11.9 Å². The van der Waals surface area contributed by atoms with E-state index in [0.29, 0.717) is 12.2 Å². The van der Waals surface area contributed by atoms with Gasteiger partial charge in [0.2, 0.25) is 19.9 Å². The molecule has 2 aromatic carbocycles. The van der Waals surface area contributed by atoms with Crippen LogP contribution in [0.4, 0.5) is 8.78 Å². The van der Waals surface area contributed by atoms with Gasteiger partial charge in [-0.05, 0) is 35.9 Å². The molecule has 0 saturated carbocycles. The zero-order valence-corrected chi connectivity index (χ0v) is 14.9. The van der Waals surface area contributed by atoms with Crippen molar-refractivity contribution in [3.05, 3.63) is 54.1 Å². The van der Waals surface area contributed by atoms with E-state index in [0.717, 1.165) is 29.8 Å². The standard InChI is InChI=1S/C16H15F2NO5S2/c17-16(18)25(20,21)13-5-7-14(8-6-13)26(22,23)19-10-12-9-11-3-1-2-4-15(11)24-12/h1-8,12,16,19H,9-10H2/t12-/m1/s1. The number of benzene rings is 2. The predicted molar refractivity (Wildman–Crippen MR) is 89.4 cm³/mol. The minimum absolute atomic E-state index is 0.0219. The van der Waals surface area contributed by atoms with Crippen LogP contribution < -0.4 is 9.46 Å². The number of nitrogens with one attached hydrogen (secondary N) is 1. The highest BCUT2D eigenvalue weighted by atomic mass is 32.2. The molecule has 0 aliphatic carbocycles. The van der Waals surface area contributed by atoms with E-state index in [4.69, 9.17) is 4.74 Å². The quantitative estimate of drug-likeness (QED) is 0.797. The highest BCUT2D eigenvalue weighted by Gasteiger charge is 2.28. The number of hydrogen-bond acceptors (Lipinski definition) is 5. The van der Waals surface area contributed by atoms with Crippen molar-refractivity contribution < 1.29 is 30.4 Å². The molecule has 3 rings (SSSR count). The summed E-state index contributed by atoms with van der Waals surface area (Å²) in [4.78, 5) is -0.859. The molecular weight excluding hydrogens is 388 g/mol. The fourth-order valence-corrected chi connectivity index (χ4v) is 4.35. The van der Waals surface area contributed by atoms with Gasteiger partial charge in [0.15, 0.2) is 0 Å². The summed E-state index contributed by atoms with van der Waals surface area (Å²) in [5.41, 5.74) is 0.984. The van der Waals surface area contributed by atoms with Gasteiger partial charge >= 0.3 is 5.76 Å². The predicted octanol–water partition coefficient (Wildman–Crippen LogP) is 1.96. The van der Waals surface area contributed by atoms with Crippen LogP contribution in [0.25, 0.3) is 0 Å². The maximum atomic E-state index is 12.5. The van der Waals surface area contributed by atoms with Crippen LogP contribution in [0.5, 0.6) is 5.75 Å². The lowest BCUT2D eigenvalue weighted by Gasteiger charge is -2.12. The molecule has 0 radical (unpaired) electrons. The number of para-hydroxylation sites is 1. The number of ether oxygens (including phenoxy) is 1. The van der Waals surface area contributed by atoms with Crippen LogP contribution in [-0.2, 0) is 26.3 Å². The maximum Gasteiger partial charge on any atom is 0.341 e. The summed E-state index contributed by atoms with van der Waals surface area (Å²) in [5, 5.41) is 0. The van der Waals surface area contributed by atoms with Gasteiger partial charge in [-0.3, -0.25) is 0 Å². The largest absolute Gasteiger partial charge is 0.488 e. The summed E-state index contributed by atoms with van der Waals surface area (Å²) in [7, 11) is -8.69. The number of halogens is 2. The van der Waals surface area contributed by atoms with Crippen LogP contribution >= 0.6 is 0 Å². The number of sulfonamides is 1. The van der Waals surface area contributed by atoms with E-state index in [-0.39, 0.29) is 17.5 Å². The van der Waals surface area contributed by atoms with Crippen LogP contribution in [0, 0.1) is 0 Å². The topological polar surface area (TPSA) is 89.5 Å². The fraction of sp³-hybridized carbons (Fsp3) is 0.250. The van der Waals surface area contributed by atoms with Crippen molar-refractivity contribution in [3.63, 3.8) is 0 Å². The molecule has 0 fully saturated rings. The number of hydrogen-bond donors (Lipinski definition) is 1. The van der Waals surface area contributed by atoms with Crippen molar-refractivity contribution in [1.29, 1.82) is 0 Å². The van der Waals surface area contributed by atoms with E-state index in [2.05, 4.69) is 4.72 Å². The lowest BCUT2D eigenvalue weighted by molar-refractivity contribution is 0.234. The molecule has 1 aliphatic rings. The molecule has 1 atom stereocenters. The molecule has 0 saturated heterocycles. The molecule has 2 aromatic rings. The first-order valence-corrected chi connectivity index (χ1v) is 10.6. The van der Waals surface area contributed by atoms with Crippen molar-refractivity contribution in [2.45, 2.75) is 28.1 Å². The molecule has 0 unspecified atom stereocenters. The monoisotopic (exact) mass is 403 g/mol. The van der Waals surface area contributed by atoms with E-state index < -0.39 is 30.5 Å². The summed E-state index contributed by atoms with van der Waals surface area (Å²) in [6.45, 7) is 0.0219. The molecule has 26 heavy (non-hydrogen) atoms. The van der Waals surface area contributed by atoms with Gasteiger partial charge in [-0.1, -0.05) is 18.2 Å². The highest BCUT2D eigenvalue weighted by Crippen LogP contribution is 2.28. The molecule has 140 valence electrons. The molecule has 1 N–H and O–H groups in total. The average Bonchev–Trinajstić information content (AvgIpc) is 3.03. The van der Waals surface area contributed by atoms with Crippen molar-refractivity contribution in [3.8, 4) is 5.75 Å². The Hall–Kier alpha value is -2.04. The van der Waals surface area contributed by atoms with Crippen LogP contribution in [0.1, 0.15) is 5.56 Å². The minimum atomic E-state index is -4.76. The molecule has 0 amide bonds. The Morgan fingerprint density at radius 1 is 1.00 bits per heavy atom. The zero-order valence-electron chi connectivity index (χ0n) is 13.3. The van der Waals surface area contributed by atoms with E-state index in [9.17, 15) is 25.6 Å². The van der Waals surface area contributed by atoms with Crippen LogP contribution in [0.3, 0.4) is 0 Å². The van der Waals surface area contributed by atoms with Gasteiger partial charge in [-0.2, -0.15) is 8.78 Å². The normalized spacial score (nSPS) is 17.1. The molecule has 0 spiro atoms. The first-order valence-electron chi connectivity index (χ1n) is 7.56. The number of rotatable bonds is 6. The first kappa shape index (κ1) is 18.7. The maximum absolute atomic E-state index is 12.5. The van der Waals surface area contributed by atoms with Gasteiger partial charge in [-0.15, -0.1) is 0 Å². The van der Waals surface area contributed by atoms with Crippen LogP contribution in [0.2, 0.25) is 0 Å². The van der Waals surface area contributed by atoms with Crippen molar-refractivity contribution in [2.24, 2.45) is 0 Å². The molecule has 6 nitrogen and oxygen atoms in total. The second-order valence-electron chi connectivity index (χ2n) is 5.68. The minimum Gasteiger partial charge on any atom is -0.488 e. The lowest BCUT2D eigenvalue weighted by Crippen LogP contribution is -2.34. The van der Waals surface area contributed by atoms with Gasteiger partial charge in [0, 0.05) is 13.0 Å². The Bertz CT molecular complexity index is 980. The molecule has 1 heterocycles. The second-order valence-corrected chi connectivity index (χ2v) is 9.37. The van der Waals surface area contributed by atoms with E-state index in [1.807, 2.05) is 18.2 Å². The number of sulfone groups is 1. The number of fused-ring (bicyclic) bond motifs is 1.